The van der Waals surface area contributed by atoms with E-state index in [1.807, 2.05) is 0 Å². The van der Waals surface area contributed by atoms with Crippen LogP contribution in [-0.4, -0.2) is 12.3 Å². The second-order valence-electron chi connectivity index (χ2n) is 9.79. The summed E-state index contributed by atoms with van der Waals surface area (Å²) in [6, 6.07) is 64.6. The van der Waals surface area contributed by atoms with Crippen molar-refractivity contribution in [3.63, 3.8) is 0 Å². The van der Waals surface area contributed by atoms with E-state index in [-0.39, 0.29) is 98.5 Å². The first-order valence-electron chi connectivity index (χ1n) is 14.4. The summed E-state index contributed by atoms with van der Waals surface area (Å²) < 4.78 is 0. The fraction of sp³-hybridized carbons (Fsp3) is 0.0500. The van der Waals surface area contributed by atoms with E-state index in [4.69, 9.17) is 0 Å². The van der Waals surface area contributed by atoms with Crippen molar-refractivity contribution in [3.05, 3.63) is 206 Å². The van der Waals surface area contributed by atoms with Crippen molar-refractivity contribution < 1.29 is 82.6 Å². The first kappa shape index (κ1) is 48.2. The largest absolute Gasteiger partial charge is 3.00 e. The van der Waals surface area contributed by atoms with Crippen LogP contribution in [0, 0.1) is 12.8 Å². The molecule has 254 valence electrons. The van der Waals surface area contributed by atoms with Gasteiger partial charge in [-0.3, -0.25) is 0 Å². The summed E-state index contributed by atoms with van der Waals surface area (Å²) in [6.45, 7) is 0. The first-order valence-corrected chi connectivity index (χ1v) is 17.4. The van der Waals surface area contributed by atoms with Gasteiger partial charge in [0.05, 0.1) is 0 Å². The fourth-order valence-corrected chi connectivity index (χ4v) is 9.08. The van der Waals surface area contributed by atoms with Gasteiger partial charge in [0, 0.05) is 0 Å². The number of rotatable bonds is 10. The van der Waals surface area contributed by atoms with Crippen LogP contribution < -0.4 is 70.8 Å². The van der Waals surface area contributed by atoms with E-state index in [0.717, 1.165) is 12.3 Å². The molecule has 0 aliphatic heterocycles. The van der Waals surface area contributed by atoms with Crippen LogP contribution >= 0.6 is 15.8 Å². The zero-order chi connectivity index (χ0) is 28.7. The van der Waals surface area contributed by atoms with Gasteiger partial charge in [0.15, 0.2) is 0 Å². The van der Waals surface area contributed by atoms with E-state index in [2.05, 4.69) is 195 Å². The van der Waals surface area contributed by atoms with Crippen LogP contribution in [0.1, 0.15) is 11.1 Å². The molecule has 0 saturated heterocycles. The zero-order valence-corrected chi connectivity index (χ0v) is 32.7. The van der Waals surface area contributed by atoms with Crippen LogP contribution in [-0.2, 0) is 33.0 Å². The Morgan fingerprint density at radius 1 is 0.292 bits per heavy atom. The molecule has 0 bridgehead atoms. The van der Waals surface area contributed by atoms with E-state index < -0.39 is 0 Å². The van der Waals surface area contributed by atoms with E-state index in [1.54, 1.807) is 0 Å². The molecule has 6 aromatic rings. The van der Waals surface area contributed by atoms with Gasteiger partial charge in [0.2, 0.25) is 0 Å². The van der Waals surface area contributed by atoms with Crippen molar-refractivity contribution >= 4 is 37.1 Å². The minimum Gasteiger partial charge on any atom is -1.00 e. The van der Waals surface area contributed by atoms with Crippen molar-refractivity contribution in [2.45, 2.75) is 0 Å². The third-order valence-corrected chi connectivity index (χ3v) is 11.7. The van der Waals surface area contributed by atoms with Gasteiger partial charge < -0.3 is 49.6 Å². The molecule has 0 spiro atoms. The summed E-state index contributed by atoms with van der Waals surface area (Å²) >= 11 is 0. The minimum absolute atomic E-state index is 0. The molecule has 0 atom stereocenters. The van der Waals surface area contributed by atoms with E-state index in [0.29, 0.717) is 0 Å². The second-order valence-corrected chi connectivity index (χ2v) is 14.3. The quantitative estimate of drug-likeness (QED) is 0.0775. The molecule has 0 fully saturated rings. The summed E-state index contributed by atoms with van der Waals surface area (Å²) in [5.74, 6) is 0. The van der Waals surface area contributed by atoms with Crippen LogP contribution in [0.25, 0.3) is 0 Å². The Kier molecular flexibility index (Phi) is 27.9. The van der Waals surface area contributed by atoms with E-state index >= 15 is 0 Å². The topological polar surface area (TPSA) is 0 Å². The normalized spacial score (nSPS) is 9.21. The number of hydrogen-bond donors (Lipinski definition) is 0. The number of halogens is 4. The van der Waals surface area contributed by atoms with E-state index in [1.165, 1.54) is 32.3 Å². The van der Waals surface area contributed by atoms with Crippen molar-refractivity contribution in [3.8, 4) is 0 Å². The Hall–Kier alpha value is -1.93. The first-order chi connectivity index (χ1) is 20.9. The molecule has 0 aromatic heterocycles. The molecule has 6 rings (SSSR count). The van der Waals surface area contributed by atoms with Gasteiger partial charge in [0.1, 0.15) is 0 Å². The van der Waals surface area contributed by atoms with Crippen LogP contribution in [0.2, 0.25) is 0 Å². The van der Waals surface area contributed by atoms with Gasteiger partial charge in [-0.2, -0.15) is 48.2 Å². The van der Waals surface area contributed by atoms with Crippen LogP contribution in [0.5, 0.6) is 0 Å². The molecule has 0 nitrogen and oxygen atoms in total. The molecule has 0 N–H and O–H groups in total. The Balaban J connectivity index is 0. The fourth-order valence-electron chi connectivity index (χ4n) is 4.72. The van der Waals surface area contributed by atoms with Gasteiger partial charge in [-0.1, -0.05) is 162 Å². The summed E-state index contributed by atoms with van der Waals surface area (Å²) in [6.07, 6.45) is 6.86. The molecular weight excluding hydrogens is 802 g/mol. The SMILES string of the molecule is [Cl-].[Cl-].[Cl-].[Cl-].[Ni+3].[Ni+3].c1ccc([CH-]CP(c2ccccc2)c2ccccc2)cc1.c1ccc([CH-]CP(c2ccccc2)c2ccccc2)cc1. The Labute approximate surface area is 335 Å². The molecule has 0 aliphatic carbocycles. The Bertz CT molecular complexity index is 1370. The average molecular weight is 838 g/mol. The maximum absolute atomic E-state index is 2.35. The Morgan fingerprint density at radius 3 is 0.688 bits per heavy atom. The van der Waals surface area contributed by atoms with Crippen LogP contribution in [0.3, 0.4) is 0 Å². The van der Waals surface area contributed by atoms with Crippen molar-refractivity contribution in [2.24, 2.45) is 0 Å². The zero-order valence-electron chi connectivity index (χ0n) is 25.9. The summed E-state index contributed by atoms with van der Waals surface area (Å²) in [5.41, 5.74) is 2.61. The van der Waals surface area contributed by atoms with Crippen molar-refractivity contribution in [2.75, 3.05) is 12.3 Å². The minimum atomic E-state index is -0.330. The predicted octanol–water partition coefficient (Wildman–Crippen LogP) is -3.25. The molecule has 0 aliphatic rings. The number of hydrogen-bond acceptors (Lipinski definition) is 0. The maximum Gasteiger partial charge on any atom is 3.00 e. The summed E-state index contributed by atoms with van der Waals surface area (Å²) in [4.78, 5) is 0. The van der Waals surface area contributed by atoms with Crippen molar-refractivity contribution in [1.82, 2.24) is 0 Å². The molecule has 2 radical (unpaired) electrons. The average Bonchev–Trinajstić information content (AvgIpc) is 3.08. The van der Waals surface area contributed by atoms with Crippen LogP contribution in [0.4, 0.5) is 0 Å². The smallest absolute Gasteiger partial charge is 1.00 e. The molecule has 0 heterocycles. The van der Waals surface area contributed by atoms with Gasteiger partial charge in [0.25, 0.3) is 0 Å². The molecule has 0 unspecified atom stereocenters. The third-order valence-electron chi connectivity index (χ3n) is 6.89. The van der Waals surface area contributed by atoms with Gasteiger partial charge >= 0.3 is 33.0 Å². The summed E-state index contributed by atoms with van der Waals surface area (Å²) in [7, 11) is -0.660. The van der Waals surface area contributed by atoms with E-state index in [9.17, 15) is 0 Å². The molecular formula is C40H36Cl4Ni2P2. The van der Waals surface area contributed by atoms with Gasteiger partial charge in [-0.25, -0.2) is 0 Å². The molecule has 48 heavy (non-hydrogen) atoms. The molecule has 6 aromatic carbocycles. The van der Waals surface area contributed by atoms with Crippen LogP contribution in [0.15, 0.2) is 182 Å². The molecule has 0 amide bonds. The standard InChI is InChI=1S/2C20H18P.4ClH.2Ni/c2*1-4-10-18(11-5-1)16-17-21(19-12-6-2-7-13-19)20-14-8-3-9-15-20;;;;;;/h2*1-16H,17H2;4*1H;;/q2*-1;;;;;2*+3/p-4. The Morgan fingerprint density at radius 2 is 0.479 bits per heavy atom. The number of benzene rings is 6. The van der Waals surface area contributed by atoms with Gasteiger partial charge in [-0.05, 0) is 21.2 Å². The molecule has 8 heteroatoms. The second kappa shape index (κ2) is 27.8. The summed E-state index contributed by atoms with van der Waals surface area (Å²) in [5, 5.41) is 5.74. The van der Waals surface area contributed by atoms with Gasteiger partial charge in [-0.15, -0.1) is 24.3 Å². The molecule has 0 saturated carbocycles. The maximum atomic E-state index is 2.35. The monoisotopic (exact) mass is 834 g/mol. The third kappa shape index (κ3) is 15.7. The van der Waals surface area contributed by atoms with Crippen molar-refractivity contribution in [1.29, 1.82) is 0 Å². The predicted molar refractivity (Wildman–Crippen MR) is 188 cm³/mol.